The lowest BCUT2D eigenvalue weighted by molar-refractivity contribution is 0.137. The first-order valence-corrected chi connectivity index (χ1v) is 7.34. The van der Waals surface area contributed by atoms with E-state index in [1.807, 2.05) is 16.9 Å². The minimum atomic E-state index is -2.73. The standard InChI is InChI=1S/C14H17F2N7/c1-9(2)5-7-22-8-6-11(20-22)17-10-3-4-12-18-19-14(13(15)16)23(12)21-10/h3-4,6,8-9,13H,5,7H2,1-2H3,(H,17,20,21). The molecule has 3 aromatic rings. The molecule has 3 aromatic heterocycles. The molecular formula is C14H17F2N7. The van der Waals surface area contributed by atoms with E-state index in [9.17, 15) is 8.78 Å². The number of anilines is 2. The molecule has 0 saturated carbocycles. The van der Waals surface area contributed by atoms with Crippen molar-refractivity contribution in [1.82, 2.24) is 29.6 Å². The predicted octanol–water partition coefficient (Wildman–Crippen LogP) is 3.05. The van der Waals surface area contributed by atoms with E-state index < -0.39 is 12.2 Å². The number of aryl methyl sites for hydroxylation is 1. The van der Waals surface area contributed by atoms with E-state index in [0.717, 1.165) is 17.5 Å². The summed E-state index contributed by atoms with van der Waals surface area (Å²) in [6, 6.07) is 5.03. The number of hydrogen-bond donors (Lipinski definition) is 1. The first-order chi connectivity index (χ1) is 11.0. The summed E-state index contributed by atoms with van der Waals surface area (Å²) in [7, 11) is 0. The molecule has 0 atom stereocenters. The van der Waals surface area contributed by atoms with Gasteiger partial charge in [-0.05, 0) is 24.5 Å². The van der Waals surface area contributed by atoms with Gasteiger partial charge >= 0.3 is 0 Å². The molecule has 0 bridgehead atoms. The molecule has 0 saturated heterocycles. The van der Waals surface area contributed by atoms with Gasteiger partial charge < -0.3 is 5.32 Å². The van der Waals surface area contributed by atoms with Gasteiger partial charge in [0.1, 0.15) is 0 Å². The molecule has 0 fully saturated rings. The molecule has 0 radical (unpaired) electrons. The monoisotopic (exact) mass is 321 g/mol. The average Bonchev–Trinajstić information content (AvgIpc) is 3.11. The lowest BCUT2D eigenvalue weighted by atomic mass is 10.1. The summed E-state index contributed by atoms with van der Waals surface area (Å²) in [6.07, 6.45) is 0.166. The minimum absolute atomic E-state index is 0.272. The van der Waals surface area contributed by atoms with Crippen LogP contribution in [-0.2, 0) is 6.54 Å². The van der Waals surface area contributed by atoms with Crippen LogP contribution in [0.2, 0.25) is 0 Å². The van der Waals surface area contributed by atoms with Crippen LogP contribution in [0.4, 0.5) is 20.4 Å². The fourth-order valence-corrected chi connectivity index (χ4v) is 2.08. The zero-order valence-electron chi connectivity index (χ0n) is 12.8. The minimum Gasteiger partial charge on any atom is -0.322 e. The predicted molar refractivity (Wildman–Crippen MR) is 80.7 cm³/mol. The number of halogens is 2. The molecule has 0 aliphatic heterocycles. The Labute approximate surface area is 131 Å². The summed E-state index contributed by atoms with van der Waals surface area (Å²) < 4.78 is 28.6. The van der Waals surface area contributed by atoms with Crippen LogP contribution in [0.5, 0.6) is 0 Å². The van der Waals surface area contributed by atoms with E-state index in [4.69, 9.17) is 0 Å². The van der Waals surface area contributed by atoms with E-state index in [1.54, 1.807) is 12.1 Å². The summed E-state index contributed by atoms with van der Waals surface area (Å²) >= 11 is 0. The van der Waals surface area contributed by atoms with Crippen LogP contribution in [0, 0.1) is 5.92 Å². The lowest BCUT2D eigenvalue weighted by Crippen LogP contribution is -2.05. The summed E-state index contributed by atoms with van der Waals surface area (Å²) in [5, 5.41) is 18.6. The highest BCUT2D eigenvalue weighted by Gasteiger charge is 2.17. The zero-order valence-corrected chi connectivity index (χ0v) is 12.8. The van der Waals surface area contributed by atoms with E-state index >= 15 is 0 Å². The van der Waals surface area contributed by atoms with Gasteiger partial charge in [-0.3, -0.25) is 4.68 Å². The van der Waals surface area contributed by atoms with Gasteiger partial charge in [-0.1, -0.05) is 13.8 Å². The van der Waals surface area contributed by atoms with Crippen molar-refractivity contribution in [3.8, 4) is 0 Å². The number of nitrogens with zero attached hydrogens (tertiary/aromatic N) is 6. The van der Waals surface area contributed by atoms with Gasteiger partial charge in [0.05, 0.1) is 0 Å². The number of rotatable bonds is 6. The van der Waals surface area contributed by atoms with E-state index in [2.05, 4.69) is 39.6 Å². The van der Waals surface area contributed by atoms with Crippen LogP contribution >= 0.6 is 0 Å². The summed E-state index contributed by atoms with van der Waals surface area (Å²) in [5.41, 5.74) is 0.272. The maximum absolute atomic E-state index is 12.8. The number of nitrogens with one attached hydrogen (secondary N) is 1. The second-order valence-electron chi connectivity index (χ2n) is 5.62. The quantitative estimate of drug-likeness (QED) is 0.755. The zero-order chi connectivity index (χ0) is 16.4. The molecule has 3 heterocycles. The third-order valence-corrected chi connectivity index (χ3v) is 3.31. The molecule has 23 heavy (non-hydrogen) atoms. The molecule has 1 N–H and O–H groups in total. The van der Waals surface area contributed by atoms with Crippen LogP contribution < -0.4 is 5.32 Å². The van der Waals surface area contributed by atoms with Crippen molar-refractivity contribution >= 4 is 17.3 Å². The maximum atomic E-state index is 12.8. The third kappa shape index (κ3) is 3.43. The highest BCUT2D eigenvalue weighted by atomic mass is 19.3. The molecule has 9 heteroatoms. The summed E-state index contributed by atoms with van der Waals surface area (Å²) in [4.78, 5) is 0. The fourth-order valence-electron chi connectivity index (χ4n) is 2.08. The molecule has 0 spiro atoms. The number of alkyl halides is 2. The molecule has 0 aromatic carbocycles. The molecule has 7 nitrogen and oxygen atoms in total. The highest BCUT2D eigenvalue weighted by Crippen LogP contribution is 2.18. The Balaban J connectivity index is 1.77. The van der Waals surface area contributed by atoms with Crippen LogP contribution in [0.15, 0.2) is 24.4 Å². The van der Waals surface area contributed by atoms with E-state index in [1.165, 1.54) is 0 Å². The molecule has 0 amide bonds. The highest BCUT2D eigenvalue weighted by molar-refractivity contribution is 5.53. The van der Waals surface area contributed by atoms with Crippen LogP contribution in [0.25, 0.3) is 5.65 Å². The molecular weight excluding hydrogens is 304 g/mol. The molecule has 0 aliphatic carbocycles. The first kappa shape index (κ1) is 15.3. The molecule has 0 aliphatic rings. The van der Waals surface area contributed by atoms with Gasteiger partial charge in [0.2, 0.25) is 5.82 Å². The molecule has 3 rings (SSSR count). The van der Waals surface area contributed by atoms with Gasteiger partial charge in [-0.15, -0.1) is 15.3 Å². The molecule has 0 unspecified atom stereocenters. The summed E-state index contributed by atoms with van der Waals surface area (Å²) in [5.74, 6) is 1.12. The van der Waals surface area contributed by atoms with Gasteiger partial charge in [-0.25, -0.2) is 8.78 Å². The van der Waals surface area contributed by atoms with Gasteiger partial charge in [0.25, 0.3) is 6.43 Å². The van der Waals surface area contributed by atoms with Crippen molar-refractivity contribution in [3.05, 3.63) is 30.2 Å². The Morgan fingerprint density at radius 2 is 1.87 bits per heavy atom. The Morgan fingerprint density at radius 3 is 2.61 bits per heavy atom. The average molecular weight is 321 g/mol. The largest absolute Gasteiger partial charge is 0.322 e. The lowest BCUT2D eigenvalue weighted by Gasteiger charge is -2.05. The maximum Gasteiger partial charge on any atom is 0.299 e. The first-order valence-electron chi connectivity index (χ1n) is 7.34. The Kier molecular flexibility index (Phi) is 4.18. The van der Waals surface area contributed by atoms with Crippen molar-refractivity contribution in [1.29, 1.82) is 0 Å². The smallest absolute Gasteiger partial charge is 0.299 e. The Morgan fingerprint density at radius 1 is 1.09 bits per heavy atom. The Hall–Kier alpha value is -2.58. The van der Waals surface area contributed by atoms with Crippen LogP contribution in [0.3, 0.4) is 0 Å². The number of hydrogen-bond acceptors (Lipinski definition) is 5. The van der Waals surface area contributed by atoms with Crippen molar-refractivity contribution < 1.29 is 8.78 Å². The van der Waals surface area contributed by atoms with Crippen molar-refractivity contribution in [3.63, 3.8) is 0 Å². The summed E-state index contributed by atoms with van der Waals surface area (Å²) in [6.45, 7) is 5.13. The fraction of sp³-hybridized carbons (Fsp3) is 0.429. The number of aromatic nitrogens is 6. The van der Waals surface area contributed by atoms with Gasteiger partial charge in [-0.2, -0.15) is 9.61 Å². The SMILES string of the molecule is CC(C)CCn1ccc(Nc2ccc3nnc(C(F)F)n3n2)n1. The van der Waals surface area contributed by atoms with Gasteiger partial charge in [0.15, 0.2) is 17.3 Å². The van der Waals surface area contributed by atoms with Gasteiger partial charge in [0, 0.05) is 18.8 Å². The van der Waals surface area contributed by atoms with Crippen molar-refractivity contribution in [2.45, 2.75) is 33.2 Å². The van der Waals surface area contributed by atoms with Crippen LogP contribution in [-0.4, -0.2) is 29.6 Å². The van der Waals surface area contributed by atoms with Crippen molar-refractivity contribution in [2.75, 3.05) is 5.32 Å². The van der Waals surface area contributed by atoms with E-state index in [-0.39, 0.29) is 5.65 Å². The second kappa shape index (κ2) is 6.27. The van der Waals surface area contributed by atoms with Crippen molar-refractivity contribution in [2.24, 2.45) is 5.92 Å². The van der Waals surface area contributed by atoms with Crippen LogP contribution in [0.1, 0.15) is 32.5 Å². The second-order valence-corrected chi connectivity index (χ2v) is 5.62. The van der Waals surface area contributed by atoms with E-state index in [0.29, 0.717) is 17.6 Å². The number of fused-ring (bicyclic) bond motifs is 1. The third-order valence-electron chi connectivity index (χ3n) is 3.31. The normalized spacial score (nSPS) is 11.7. The molecule has 122 valence electrons. The topological polar surface area (TPSA) is 72.9 Å². The Bertz CT molecular complexity index is 793.